The standard InChI is InChI=1S/C22H27O8P/c1-3-5-7-9-11-13-14-16-21(23)28-18-20(19-29-31(25,26)27)30-22(24)17-15-12-10-8-6-4-2/h20H,4,6,8,10,12,15,17-19H2,1-2H3,(H2,25,26,27)/t20-/m0/s1. The zero-order valence-corrected chi connectivity index (χ0v) is 18.6. The molecule has 0 aliphatic carbocycles. The Labute approximate surface area is 183 Å². The fourth-order valence-electron chi connectivity index (χ4n) is 2.07. The van der Waals surface area contributed by atoms with Gasteiger partial charge in [-0.25, -0.2) is 9.36 Å². The van der Waals surface area contributed by atoms with Crippen LogP contribution in [0.15, 0.2) is 0 Å². The van der Waals surface area contributed by atoms with Gasteiger partial charge in [0, 0.05) is 12.3 Å². The van der Waals surface area contributed by atoms with Crippen molar-refractivity contribution in [1.82, 2.24) is 0 Å². The molecular formula is C22H27O8P. The van der Waals surface area contributed by atoms with Gasteiger partial charge in [-0.1, -0.05) is 44.9 Å². The van der Waals surface area contributed by atoms with E-state index in [0.29, 0.717) is 6.42 Å². The summed E-state index contributed by atoms with van der Waals surface area (Å²) in [4.78, 5) is 41.2. The third kappa shape index (κ3) is 20.3. The Bertz CT molecular complexity index is 858. The summed E-state index contributed by atoms with van der Waals surface area (Å²) in [6.07, 6.45) is 4.86. The summed E-state index contributed by atoms with van der Waals surface area (Å²) < 4.78 is 25.2. The molecule has 0 saturated heterocycles. The van der Waals surface area contributed by atoms with Crippen LogP contribution in [0.2, 0.25) is 0 Å². The van der Waals surface area contributed by atoms with Gasteiger partial charge in [0.2, 0.25) is 0 Å². The zero-order chi connectivity index (χ0) is 23.4. The minimum atomic E-state index is -4.78. The maximum Gasteiger partial charge on any atom is 0.469 e. The molecule has 1 atom stereocenters. The van der Waals surface area contributed by atoms with Crippen LogP contribution in [-0.2, 0) is 28.2 Å². The maximum absolute atomic E-state index is 11.9. The maximum atomic E-state index is 11.9. The lowest BCUT2D eigenvalue weighted by Gasteiger charge is -2.17. The largest absolute Gasteiger partial charge is 0.469 e. The SMILES string of the molecule is CC#CC#CC#CC#CC(=O)OC[C@@H](COP(=O)(O)O)OC(=O)CCCCCCCC. The summed E-state index contributed by atoms with van der Waals surface area (Å²) >= 11 is 0. The van der Waals surface area contributed by atoms with Crippen LogP contribution in [0.4, 0.5) is 0 Å². The fraction of sp³-hybridized carbons (Fsp3) is 0.545. The van der Waals surface area contributed by atoms with Gasteiger partial charge in [0.25, 0.3) is 0 Å². The molecule has 0 radical (unpaired) electrons. The van der Waals surface area contributed by atoms with Gasteiger partial charge >= 0.3 is 19.8 Å². The van der Waals surface area contributed by atoms with Crippen molar-refractivity contribution in [2.24, 2.45) is 0 Å². The van der Waals surface area contributed by atoms with E-state index in [4.69, 9.17) is 19.3 Å². The van der Waals surface area contributed by atoms with Crippen LogP contribution in [0.3, 0.4) is 0 Å². The molecule has 0 aromatic rings. The Morgan fingerprint density at radius 2 is 1.52 bits per heavy atom. The normalized spacial score (nSPS) is 10.5. The first-order chi connectivity index (χ1) is 14.8. The second kappa shape index (κ2) is 18.1. The summed E-state index contributed by atoms with van der Waals surface area (Å²) in [6.45, 7) is 2.63. The highest BCUT2D eigenvalue weighted by Gasteiger charge is 2.22. The molecule has 0 unspecified atom stereocenters. The molecule has 0 aromatic heterocycles. The average molecular weight is 450 g/mol. The Morgan fingerprint density at radius 1 is 0.903 bits per heavy atom. The molecule has 168 valence electrons. The highest BCUT2D eigenvalue weighted by Crippen LogP contribution is 2.35. The quantitative estimate of drug-likeness (QED) is 0.144. The molecule has 2 N–H and O–H groups in total. The molecular weight excluding hydrogens is 423 g/mol. The van der Waals surface area contributed by atoms with E-state index in [-0.39, 0.29) is 6.42 Å². The van der Waals surface area contributed by atoms with Crippen LogP contribution in [0.1, 0.15) is 58.8 Å². The smallest absolute Gasteiger partial charge is 0.456 e. The topological polar surface area (TPSA) is 119 Å². The predicted molar refractivity (Wildman–Crippen MR) is 114 cm³/mol. The highest BCUT2D eigenvalue weighted by molar-refractivity contribution is 7.46. The zero-order valence-electron chi connectivity index (χ0n) is 17.7. The van der Waals surface area contributed by atoms with E-state index in [1.807, 2.05) is 0 Å². The lowest BCUT2D eigenvalue weighted by atomic mass is 10.1. The van der Waals surface area contributed by atoms with Crippen molar-refractivity contribution in [1.29, 1.82) is 0 Å². The van der Waals surface area contributed by atoms with Gasteiger partial charge < -0.3 is 19.3 Å². The third-order valence-electron chi connectivity index (χ3n) is 3.46. The Balaban J connectivity index is 4.58. The predicted octanol–water partition coefficient (Wildman–Crippen LogP) is 2.33. The fourth-order valence-corrected chi connectivity index (χ4v) is 2.43. The van der Waals surface area contributed by atoms with Crippen molar-refractivity contribution in [3.8, 4) is 47.4 Å². The highest BCUT2D eigenvalue weighted by atomic mass is 31.2. The van der Waals surface area contributed by atoms with Crippen molar-refractivity contribution in [2.45, 2.75) is 64.9 Å². The van der Waals surface area contributed by atoms with Gasteiger partial charge in [-0.2, -0.15) is 0 Å². The molecule has 0 fully saturated rings. The molecule has 0 aliphatic rings. The number of hydrogen-bond acceptors (Lipinski definition) is 6. The van der Waals surface area contributed by atoms with Gasteiger partial charge in [-0.05, 0) is 48.9 Å². The molecule has 0 amide bonds. The number of carbonyl (C=O) groups excluding carboxylic acids is 2. The summed E-state index contributed by atoms with van der Waals surface area (Å²) in [5.74, 6) is 17.4. The van der Waals surface area contributed by atoms with Gasteiger partial charge in [0.1, 0.15) is 6.61 Å². The molecule has 8 nitrogen and oxygen atoms in total. The molecule has 0 rings (SSSR count). The first-order valence-corrected chi connectivity index (χ1v) is 11.3. The first-order valence-electron chi connectivity index (χ1n) is 9.77. The summed E-state index contributed by atoms with van der Waals surface area (Å²) in [7, 11) is -4.78. The van der Waals surface area contributed by atoms with Crippen molar-refractivity contribution < 1.29 is 37.9 Å². The first kappa shape index (κ1) is 28.3. The Kier molecular flexibility index (Phi) is 16.5. The average Bonchev–Trinajstić information content (AvgIpc) is 2.71. The molecule has 0 aromatic carbocycles. The van der Waals surface area contributed by atoms with Crippen LogP contribution in [0.25, 0.3) is 0 Å². The Hall–Kier alpha value is -2.71. The van der Waals surface area contributed by atoms with E-state index in [1.54, 1.807) is 6.92 Å². The van der Waals surface area contributed by atoms with Gasteiger partial charge in [0.05, 0.1) is 6.61 Å². The lowest BCUT2D eigenvalue weighted by molar-refractivity contribution is -0.158. The second-order valence-corrected chi connectivity index (χ2v) is 7.38. The van der Waals surface area contributed by atoms with Crippen LogP contribution in [0.5, 0.6) is 0 Å². The number of phosphoric acid groups is 1. The minimum Gasteiger partial charge on any atom is -0.456 e. The number of phosphoric ester groups is 1. The van der Waals surface area contributed by atoms with E-state index < -0.39 is 39.1 Å². The molecule has 0 bridgehead atoms. The molecule has 31 heavy (non-hydrogen) atoms. The van der Waals surface area contributed by atoms with Crippen molar-refractivity contribution >= 4 is 19.8 Å². The Morgan fingerprint density at radius 3 is 2.16 bits per heavy atom. The molecule has 0 saturated carbocycles. The molecule has 0 heterocycles. The van der Waals surface area contributed by atoms with Gasteiger partial charge in [-0.15, -0.1) is 0 Å². The minimum absolute atomic E-state index is 0.144. The third-order valence-corrected chi connectivity index (χ3v) is 3.95. The van der Waals surface area contributed by atoms with E-state index in [0.717, 1.165) is 32.1 Å². The summed E-state index contributed by atoms with van der Waals surface area (Å²) in [6, 6.07) is 0. The van der Waals surface area contributed by atoms with Crippen LogP contribution in [0, 0.1) is 47.4 Å². The lowest BCUT2D eigenvalue weighted by Crippen LogP contribution is -2.29. The second-order valence-electron chi connectivity index (χ2n) is 6.14. The van der Waals surface area contributed by atoms with Crippen LogP contribution >= 0.6 is 7.82 Å². The van der Waals surface area contributed by atoms with Crippen LogP contribution in [-0.4, -0.2) is 41.0 Å². The van der Waals surface area contributed by atoms with Crippen molar-refractivity contribution in [2.75, 3.05) is 13.2 Å². The number of carbonyl (C=O) groups is 2. The van der Waals surface area contributed by atoms with Crippen molar-refractivity contribution in [3.63, 3.8) is 0 Å². The number of rotatable bonds is 13. The van der Waals surface area contributed by atoms with Crippen LogP contribution < -0.4 is 0 Å². The number of unbranched alkanes of at least 4 members (excludes halogenated alkanes) is 5. The van der Waals surface area contributed by atoms with E-state index in [9.17, 15) is 14.2 Å². The number of esters is 2. The number of hydrogen-bond donors (Lipinski definition) is 2. The van der Waals surface area contributed by atoms with Gasteiger partial charge in [0.15, 0.2) is 6.10 Å². The van der Waals surface area contributed by atoms with Gasteiger partial charge in [-0.3, -0.25) is 9.32 Å². The number of ether oxygens (including phenoxy) is 2. The monoisotopic (exact) mass is 450 g/mol. The molecule has 0 aliphatic heterocycles. The van der Waals surface area contributed by atoms with E-state index >= 15 is 0 Å². The van der Waals surface area contributed by atoms with E-state index in [2.05, 4.69) is 58.8 Å². The molecule has 9 heteroatoms. The summed E-state index contributed by atoms with van der Waals surface area (Å²) in [5.41, 5.74) is 0. The summed E-state index contributed by atoms with van der Waals surface area (Å²) in [5, 5.41) is 0. The van der Waals surface area contributed by atoms with Crippen molar-refractivity contribution in [3.05, 3.63) is 0 Å². The molecule has 0 spiro atoms. The van der Waals surface area contributed by atoms with E-state index in [1.165, 1.54) is 0 Å².